The smallest absolute Gasteiger partial charge is 0.261 e. The Morgan fingerprint density at radius 1 is 1.41 bits per heavy atom. The fourth-order valence-corrected chi connectivity index (χ4v) is 1.83. The van der Waals surface area contributed by atoms with E-state index in [9.17, 15) is 9.59 Å². The molecule has 0 aliphatic rings. The Labute approximate surface area is 105 Å². The van der Waals surface area contributed by atoms with Gasteiger partial charge in [0.15, 0.2) is 5.78 Å². The van der Waals surface area contributed by atoms with Crippen LogP contribution < -0.4 is 10.1 Å². The average molecular weight is 255 g/mol. The van der Waals surface area contributed by atoms with Crippen molar-refractivity contribution >= 4 is 23.0 Å². The molecule has 0 unspecified atom stereocenters. The van der Waals surface area contributed by atoms with Crippen molar-refractivity contribution in [1.82, 2.24) is 5.32 Å². The van der Waals surface area contributed by atoms with Gasteiger partial charge in [-0.1, -0.05) is 20.8 Å². The molecule has 4 nitrogen and oxygen atoms in total. The van der Waals surface area contributed by atoms with Crippen LogP contribution in [-0.2, 0) is 4.79 Å². The summed E-state index contributed by atoms with van der Waals surface area (Å²) in [5, 5.41) is 4.36. The van der Waals surface area contributed by atoms with Crippen LogP contribution in [0.5, 0.6) is 5.75 Å². The number of ether oxygens (including phenoxy) is 1. The van der Waals surface area contributed by atoms with Gasteiger partial charge in [0.2, 0.25) is 0 Å². The van der Waals surface area contributed by atoms with Crippen LogP contribution in [0.4, 0.5) is 0 Å². The van der Waals surface area contributed by atoms with E-state index < -0.39 is 5.41 Å². The van der Waals surface area contributed by atoms with Crippen molar-refractivity contribution in [3.63, 3.8) is 0 Å². The van der Waals surface area contributed by atoms with Crippen LogP contribution in [0.2, 0.25) is 0 Å². The summed E-state index contributed by atoms with van der Waals surface area (Å²) in [4.78, 5) is 23.9. The first-order chi connectivity index (χ1) is 7.84. The molecule has 1 aromatic heterocycles. The van der Waals surface area contributed by atoms with Crippen molar-refractivity contribution in [2.75, 3.05) is 13.7 Å². The van der Waals surface area contributed by atoms with E-state index in [2.05, 4.69) is 5.32 Å². The van der Waals surface area contributed by atoms with Gasteiger partial charge >= 0.3 is 0 Å². The number of Topliss-reactive ketones (excluding diaryl/α,β-unsaturated/α-hetero) is 1. The van der Waals surface area contributed by atoms with Gasteiger partial charge in [-0.3, -0.25) is 9.59 Å². The molecule has 0 aliphatic carbocycles. The van der Waals surface area contributed by atoms with E-state index in [1.807, 2.05) is 20.8 Å². The van der Waals surface area contributed by atoms with E-state index in [4.69, 9.17) is 4.74 Å². The van der Waals surface area contributed by atoms with Crippen LogP contribution in [0.25, 0.3) is 0 Å². The topological polar surface area (TPSA) is 55.4 Å². The third-order valence-electron chi connectivity index (χ3n) is 2.28. The zero-order valence-electron chi connectivity index (χ0n) is 10.5. The number of ketones is 1. The Hall–Kier alpha value is -1.36. The maximum atomic E-state index is 11.7. The highest BCUT2D eigenvalue weighted by atomic mass is 32.1. The Morgan fingerprint density at radius 2 is 2.06 bits per heavy atom. The van der Waals surface area contributed by atoms with E-state index in [1.54, 1.807) is 18.6 Å². The number of nitrogens with one attached hydrogen (secondary N) is 1. The molecule has 0 bridgehead atoms. The van der Waals surface area contributed by atoms with Crippen LogP contribution in [-0.4, -0.2) is 25.3 Å². The summed E-state index contributed by atoms with van der Waals surface area (Å²) in [6.45, 7) is 5.55. The lowest BCUT2D eigenvalue weighted by molar-refractivity contribution is -0.125. The van der Waals surface area contributed by atoms with Crippen molar-refractivity contribution in [2.24, 2.45) is 5.41 Å². The molecule has 5 heteroatoms. The second-order valence-corrected chi connectivity index (χ2v) is 5.62. The standard InChI is InChI=1S/C12H17NO3S/c1-12(2,3)10(14)6-13-11(15)9-5-8(16-4)7-17-9/h5,7H,6H2,1-4H3,(H,13,15). The van der Waals surface area contributed by atoms with Gasteiger partial charge in [-0.15, -0.1) is 11.3 Å². The third-order valence-corrected chi connectivity index (χ3v) is 3.19. The Kier molecular flexibility index (Phi) is 4.28. The molecule has 17 heavy (non-hydrogen) atoms. The van der Waals surface area contributed by atoms with Gasteiger partial charge in [-0.25, -0.2) is 0 Å². The molecule has 0 aliphatic heterocycles. The van der Waals surface area contributed by atoms with Crippen molar-refractivity contribution in [3.8, 4) is 5.75 Å². The molecule has 1 aromatic rings. The minimum Gasteiger partial charge on any atom is -0.496 e. The zero-order chi connectivity index (χ0) is 13.1. The minimum absolute atomic E-state index is 0.00868. The minimum atomic E-state index is -0.430. The van der Waals surface area contributed by atoms with E-state index in [0.717, 1.165) is 0 Å². The Bertz CT molecular complexity index is 418. The molecule has 94 valence electrons. The van der Waals surface area contributed by atoms with Crippen molar-refractivity contribution in [2.45, 2.75) is 20.8 Å². The summed E-state index contributed by atoms with van der Waals surface area (Å²) in [5.41, 5.74) is -0.430. The largest absolute Gasteiger partial charge is 0.496 e. The first-order valence-corrected chi connectivity index (χ1v) is 6.16. The Balaban J connectivity index is 2.53. The van der Waals surface area contributed by atoms with Crippen LogP contribution in [0, 0.1) is 5.41 Å². The summed E-state index contributed by atoms with van der Waals surface area (Å²) in [7, 11) is 1.55. The molecule has 0 spiro atoms. The third kappa shape index (κ3) is 3.85. The first-order valence-electron chi connectivity index (χ1n) is 5.28. The lowest BCUT2D eigenvalue weighted by Gasteiger charge is -2.16. The summed E-state index contributed by atoms with van der Waals surface area (Å²) >= 11 is 1.29. The predicted molar refractivity (Wildman–Crippen MR) is 67.7 cm³/mol. The number of hydrogen-bond acceptors (Lipinski definition) is 4. The van der Waals surface area contributed by atoms with Crippen molar-refractivity contribution in [1.29, 1.82) is 0 Å². The first kappa shape index (κ1) is 13.7. The van der Waals surface area contributed by atoms with E-state index in [0.29, 0.717) is 10.6 Å². The zero-order valence-corrected chi connectivity index (χ0v) is 11.3. The molecule has 1 amide bonds. The van der Waals surface area contributed by atoms with Crippen LogP contribution in [0.1, 0.15) is 30.4 Å². The molecular weight excluding hydrogens is 238 g/mol. The monoisotopic (exact) mass is 255 g/mol. The molecular formula is C12H17NO3S. The molecule has 1 rings (SSSR count). The highest BCUT2D eigenvalue weighted by Gasteiger charge is 2.21. The van der Waals surface area contributed by atoms with Gasteiger partial charge < -0.3 is 10.1 Å². The number of carbonyl (C=O) groups excluding carboxylic acids is 2. The molecule has 1 N–H and O–H groups in total. The molecule has 0 saturated carbocycles. The second kappa shape index (κ2) is 5.31. The quantitative estimate of drug-likeness (QED) is 0.896. The van der Waals surface area contributed by atoms with Gasteiger partial charge in [0.1, 0.15) is 5.75 Å². The van der Waals surface area contributed by atoms with Crippen LogP contribution in [0.3, 0.4) is 0 Å². The molecule has 0 aromatic carbocycles. The molecule has 0 saturated heterocycles. The number of rotatable bonds is 4. The summed E-state index contributed by atoms with van der Waals surface area (Å²) < 4.78 is 4.99. The predicted octanol–water partition coefficient (Wildman–Crippen LogP) is 2.10. The normalized spacial score (nSPS) is 11.1. The van der Waals surface area contributed by atoms with Crippen LogP contribution in [0.15, 0.2) is 11.4 Å². The highest BCUT2D eigenvalue weighted by Crippen LogP contribution is 2.21. The van der Waals surface area contributed by atoms with Gasteiger partial charge in [-0.05, 0) is 0 Å². The van der Waals surface area contributed by atoms with Gasteiger partial charge in [0.25, 0.3) is 5.91 Å². The SMILES string of the molecule is COc1csc(C(=O)NCC(=O)C(C)(C)C)c1. The highest BCUT2D eigenvalue weighted by molar-refractivity contribution is 7.12. The molecule has 1 heterocycles. The lowest BCUT2D eigenvalue weighted by atomic mass is 9.91. The van der Waals surface area contributed by atoms with Gasteiger partial charge in [0.05, 0.1) is 18.5 Å². The van der Waals surface area contributed by atoms with E-state index in [-0.39, 0.29) is 18.2 Å². The fourth-order valence-electron chi connectivity index (χ4n) is 1.06. The maximum absolute atomic E-state index is 11.7. The van der Waals surface area contributed by atoms with Gasteiger partial charge in [-0.2, -0.15) is 0 Å². The fraction of sp³-hybridized carbons (Fsp3) is 0.500. The van der Waals surface area contributed by atoms with Gasteiger partial charge in [0, 0.05) is 16.9 Å². The molecule has 0 fully saturated rings. The summed E-state index contributed by atoms with van der Waals surface area (Å²) in [5.74, 6) is 0.424. The number of carbonyl (C=O) groups is 2. The summed E-state index contributed by atoms with van der Waals surface area (Å²) in [6.07, 6.45) is 0. The Morgan fingerprint density at radius 3 is 2.53 bits per heavy atom. The molecule has 0 radical (unpaired) electrons. The summed E-state index contributed by atoms with van der Waals surface area (Å²) in [6, 6.07) is 1.65. The number of amides is 1. The second-order valence-electron chi connectivity index (χ2n) is 4.71. The van der Waals surface area contributed by atoms with E-state index >= 15 is 0 Å². The molecule has 0 atom stereocenters. The number of thiophene rings is 1. The van der Waals surface area contributed by atoms with Crippen molar-refractivity contribution < 1.29 is 14.3 Å². The van der Waals surface area contributed by atoms with Crippen LogP contribution >= 0.6 is 11.3 Å². The number of hydrogen-bond donors (Lipinski definition) is 1. The lowest BCUT2D eigenvalue weighted by Crippen LogP contribution is -2.35. The average Bonchev–Trinajstić information content (AvgIpc) is 2.72. The number of methoxy groups -OCH3 is 1. The maximum Gasteiger partial charge on any atom is 0.261 e. The van der Waals surface area contributed by atoms with E-state index in [1.165, 1.54) is 11.3 Å². The van der Waals surface area contributed by atoms with Crippen molar-refractivity contribution in [3.05, 3.63) is 16.3 Å².